The van der Waals surface area contributed by atoms with Gasteiger partial charge in [0.05, 0.1) is 0 Å². The molecule has 0 amide bonds. The van der Waals surface area contributed by atoms with Crippen molar-refractivity contribution in [3.63, 3.8) is 0 Å². The number of hydrogen-bond acceptors (Lipinski definition) is 2. The van der Waals surface area contributed by atoms with E-state index in [1.807, 2.05) is 0 Å². The van der Waals surface area contributed by atoms with E-state index in [4.69, 9.17) is 9.90 Å². The van der Waals surface area contributed by atoms with Crippen LogP contribution in [0.1, 0.15) is 6.92 Å². The molecule has 0 unspecified atom stereocenters. The molecule has 3 heteroatoms. The minimum atomic E-state index is -1.08. The molecule has 0 heterocycles. The van der Waals surface area contributed by atoms with Gasteiger partial charge in [0.1, 0.15) is 0 Å². The van der Waals surface area contributed by atoms with Crippen molar-refractivity contribution >= 4 is 5.97 Å². The van der Waals surface area contributed by atoms with Crippen LogP contribution in [-0.4, -0.2) is 5.97 Å². The Bertz CT molecular complexity index is 30.6. The molecule has 0 radical (unpaired) electrons. The van der Waals surface area contributed by atoms with Crippen molar-refractivity contribution in [1.82, 2.24) is 0 Å². The van der Waals surface area contributed by atoms with Gasteiger partial charge < -0.3 is 9.90 Å². The molecule has 28 valence electrons. The van der Waals surface area contributed by atoms with E-state index in [1.165, 1.54) is 0 Å². The quantitative estimate of drug-likeness (QED) is 0.489. The van der Waals surface area contributed by atoms with Crippen LogP contribution in [0.15, 0.2) is 0 Å². The number of carbonyl (C=O) groups is 1. The maximum atomic E-state index is 8.89. The molecular weight excluding hydrogens is 196 g/mol. The van der Waals surface area contributed by atoms with E-state index in [0.717, 1.165) is 6.92 Å². The molecule has 0 atom stereocenters. The van der Waals surface area contributed by atoms with Gasteiger partial charge in [0.25, 0.3) is 0 Å². The molecule has 0 aliphatic heterocycles. The Labute approximate surface area is 63.9 Å². The fourth-order valence-electron chi connectivity index (χ4n) is 0. The molecule has 2 nitrogen and oxygen atoms in total. The second-order valence-electron chi connectivity index (χ2n) is 0.492. The summed E-state index contributed by atoms with van der Waals surface area (Å²) < 4.78 is 0. The minimum absolute atomic E-state index is 0. The Morgan fingerprint density at radius 3 is 1.80 bits per heavy atom. The van der Waals surface area contributed by atoms with E-state index < -0.39 is 5.97 Å². The third kappa shape index (κ3) is 54.8. The van der Waals surface area contributed by atoms with Crippen LogP contribution in [0, 0.1) is 41.7 Å². The zero-order valence-electron chi connectivity index (χ0n) is 2.82. The van der Waals surface area contributed by atoms with E-state index in [9.17, 15) is 0 Å². The van der Waals surface area contributed by atoms with Gasteiger partial charge in [-0.15, -0.1) is 0 Å². The fourth-order valence-corrected chi connectivity index (χ4v) is 0. The summed E-state index contributed by atoms with van der Waals surface area (Å²) in [5.41, 5.74) is 0. The van der Waals surface area contributed by atoms with E-state index in [2.05, 4.69) is 0 Å². The second-order valence-corrected chi connectivity index (χ2v) is 0.492. The molecule has 0 aromatic rings. The molecule has 0 fully saturated rings. The average Bonchev–Trinajstić information content (AvgIpc) is 0.811. The van der Waals surface area contributed by atoms with Crippen LogP contribution >= 0.6 is 0 Å². The van der Waals surface area contributed by atoms with Crippen molar-refractivity contribution in [2.45, 2.75) is 6.92 Å². The molecule has 0 aromatic carbocycles. The molecule has 0 saturated heterocycles. The largest absolute Gasteiger partial charge is 0.550 e. The van der Waals surface area contributed by atoms with Crippen LogP contribution in [0.3, 0.4) is 0 Å². The molecule has 0 saturated carbocycles. The van der Waals surface area contributed by atoms with Gasteiger partial charge in [-0.25, -0.2) is 0 Å². The standard InChI is InChI=1S/C2H4O2.Ce/c1-2(3)4;/h1H3,(H,3,4);/p-1. The predicted octanol–water partition coefficient (Wildman–Crippen LogP) is -1.24. The first-order valence-corrected chi connectivity index (χ1v) is 0.908. The van der Waals surface area contributed by atoms with Gasteiger partial charge in [0.15, 0.2) is 0 Å². The maximum absolute atomic E-state index is 8.89. The first-order valence-electron chi connectivity index (χ1n) is 0.908. The normalized spacial score (nSPS) is 5.00. The minimum Gasteiger partial charge on any atom is -0.550 e. The monoisotopic (exact) mass is 199 g/mol. The molecule has 0 aliphatic rings. The first kappa shape index (κ1) is 9.28. The van der Waals surface area contributed by atoms with Crippen LogP contribution in [0.5, 0.6) is 0 Å². The number of carbonyl (C=O) groups excluding carboxylic acids is 1. The summed E-state index contributed by atoms with van der Waals surface area (Å²) in [7, 11) is 0. The summed E-state index contributed by atoms with van der Waals surface area (Å²) in [5, 5.41) is 8.89. The molecule has 0 N–H and O–H groups in total. The maximum Gasteiger partial charge on any atom is 0.0383 e. The van der Waals surface area contributed by atoms with Gasteiger partial charge in [-0.1, -0.05) is 0 Å². The van der Waals surface area contributed by atoms with E-state index >= 15 is 0 Å². The molecular formula is C2H3CeO2-. The van der Waals surface area contributed by atoms with Crippen LogP contribution in [0.2, 0.25) is 0 Å². The SMILES string of the molecule is CC(=O)[O-].[Ce]. The number of carboxylic acids is 1. The van der Waals surface area contributed by atoms with E-state index in [-0.39, 0.29) is 41.7 Å². The van der Waals surface area contributed by atoms with Crippen LogP contribution < -0.4 is 5.11 Å². The summed E-state index contributed by atoms with van der Waals surface area (Å²) in [4.78, 5) is 8.89. The molecule has 0 spiro atoms. The van der Waals surface area contributed by atoms with Crippen LogP contribution in [0.4, 0.5) is 0 Å². The van der Waals surface area contributed by atoms with Crippen molar-refractivity contribution in [1.29, 1.82) is 0 Å². The number of hydrogen-bond donors (Lipinski definition) is 0. The Kier molecular flexibility index (Phi) is 9.00. The zero-order chi connectivity index (χ0) is 3.58. The molecule has 5 heavy (non-hydrogen) atoms. The summed E-state index contributed by atoms with van der Waals surface area (Å²) in [5.74, 6) is -1.08. The first-order chi connectivity index (χ1) is 1.73. The summed E-state index contributed by atoms with van der Waals surface area (Å²) in [6.07, 6.45) is 0. The zero-order valence-corrected chi connectivity index (χ0v) is 5.96. The van der Waals surface area contributed by atoms with Crippen LogP contribution in [-0.2, 0) is 4.79 Å². The van der Waals surface area contributed by atoms with E-state index in [1.54, 1.807) is 0 Å². The Balaban J connectivity index is 0. The van der Waals surface area contributed by atoms with Gasteiger partial charge in [-0.05, 0) is 6.92 Å². The Hall–Kier alpha value is 0.847. The van der Waals surface area contributed by atoms with Crippen molar-refractivity contribution in [3.8, 4) is 0 Å². The topological polar surface area (TPSA) is 40.1 Å². The van der Waals surface area contributed by atoms with Crippen molar-refractivity contribution < 1.29 is 51.6 Å². The molecule has 0 aliphatic carbocycles. The van der Waals surface area contributed by atoms with Gasteiger partial charge >= 0.3 is 0 Å². The fraction of sp³-hybridized carbons (Fsp3) is 0.500. The summed E-state index contributed by atoms with van der Waals surface area (Å²) >= 11 is 0. The van der Waals surface area contributed by atoms with Gasteiger partial charge in [0, 0.05) is 47.7 Å². The number of carboxylic acid groups (broad SMARTS) is 1. The molecule has 0 rings (SSSR count). The Morgan fingerprint density at radius 2 is 1.80 bits per heavy atom. The van der Waals surface area contributed by atoms with E-state index in [0.29, 0.717) is 0 Å². The predicted molar refractivity (Wildman–Crippen MR) is 10.7 cm³/mol. The number of rotatable bonds is 0. The second kappa shape index (κ2) is 4.85. The van der Waals surface area contributed by atoms with Crippen LogP contribution in [0.25, 0.3) is 0 Å². The molecule has 0 aromatic heterocycles. The summed E-state index contributed by atoms with van der Waals surface area (Å²) in [6, 6.07) is 0. The smallest absolute Gasteiger partial charge is 0.0383 e. The Morgan fingerprint density at radius 1 is 1.80 bits per heavy atom. The molecule has 0 bridgehead atoms. The van der Waals surface area contributed by atoms with Gasteiger partial charge in [0.2, 0.25) is 0 Å². The average molecular weight is 199 g/mol. The third-order valence-electron chi connectivity index (χ3n) is 0. The van der Waals surface area contributed by atoms with Crippen molar-refractivity contribution in [2.24, 2.45) is 0 Å². The number of aliphatic carboxylic acids is 1. The summed E-state index contributed by atoms with van der Waals surface area (Å²) in [6.45, 7) is 0.972. The van der Waals surface area contributed by atoms with Gasteiger partial charge in [-0.3, -0.25) is 0 Å². The third-order valence-corrected chi connectivity index (χ3v) is 0. The van der Waals surface area contributed by atoms with Crippen molar-refractivity contribution in [2.75, 3.05) is 0 Å². The van der Waals surface area contributed by atoms with Crippen molar-refractivity contribution in [3.05, 3.63) is 0 Å². The van der Waals surface area contributed by atoms with Gasteiger partial charge in [-0.2, -0.15) is 0 Å².